The third-order valence-corrected chi connectivity index (χ3v) is 5.38. The smallest absolute Gasteiger partial charge is 0.324 e. The fourth-order valence-electron chi connectivity index (χ4n) is 4.07. The van der Waals surface area contributed by atoms with Crippen LogP contribution >= 0.6 is 0 Å². The monoisotopic (exact) mass is 248 g/mol. The highest BCUT2D eigenvalue weighted by Gasteiger charge is 2.74. The Labute approximate surface area is 105 Å². The first-order chi connectivity index (χ1) is 8.38. The number of aliphatic hydroxyl groups excluding tert-OH is 1. The van der Waals surface area contributed by atoms with Crippen LogP contribution in [0.2, 0.25) is 0 Å². The Morgan fingerprint density at radius 2 is 2.00 bits per heavy atom. The van der Waals surface area contributed by atoms with Crippen LogP contribution in [0.1, 0.15) is 33.1 Å². The topological polar surface area (TPSA) is 55.8 Å². The van der Waals surface area contributed by atoms with Crippen LogP contribution < -0.4 is 0 Å². The number of rotatable bonds is 0. The van der Waals surface area contributed by atoms with E-state index in [2.05, 4.69) is 0 Å². The molecule has 4 bridgehead atoms. The van der Waals surface area contributed by atoms with Crippen molar-refractivity contribution in [1.29, 1.82) is 0 Å². The molecule has 5 aliphatic rings. The summed E-state index contributed by atoms with van der Waals surface area (Å²) in [5.74, 6) is -0.206. The molecule has 0 aromatic heterocycles. The normalized spacial score (nSPS) is 56.1. The number of esters is 1. The number of carbonyl (C=O) groups excluding carboxylic acids is 1. The quantitative estimate of drug-likeness (QED) is 0.526. The van der Waals surface area contributed by atoms with Crippen LogP contribution in [0, 0.1) is 5.41 Å². The van der Waals surface area contributed by atoms with E-state index in [1.165, 1.54) is 0 Å². The van der Waals surface area contributed by atoms with Gasteiger partial charge >= 0.3 is 5.97 Å². The van der Waals surface area contributed by atoms with Gasteiger partial charge in [-0.3, -0.25) is 4.79 Å². The molecule has 0 amide bonds. The van der Waals surface area contributed by atoms with E-state index >= 15 is 0 Å². The minimum atomic E-state index is -1.02. The number of hydrogen-bond acceptors (Lipinski definition) is 4. The second-order valence-corrected chi connectivity index (χ2v) is 6.22. The summed E-state index contributed by atoms with van der Waals surface area (Å²) in [6.07, 6.45) is 7.83. The molecule has 4 heteroatoms. The van der Waals surface area contributed by atoms with Crippen LogP contribution in [0.3, 0.4) is 0 Å². The maximum absolute atomic E-state index is 12.5. The van der Waals surface area contributed by atoms with Gasteiger partial charge in [-0.2, -0.15) is 0 Å². The first-order valence-electron chi connectivity index (χ1n) is 6.44. The Morgan fingerprint density at radius 1 is 1.22 bits per heavy atom. The molecule has 1 saturated carbocycles. The average Bonchev–Trinajstić information content (AvgIpc) is 2.78. The molecule has 1 saturated heterocycles. The van der Waals surface area contributed by atoms with E-state index in [-0.39, 0.29) is 11.7 Å². The predicted molar refractivity (Wildman–Crippen MR) is 62.9 cm³/mol. The van der Waals surface area contributed by atoms with Crippen molar-refractivity contribution in [1.82, 2.24) is 0 Å². The summed E-state index contributed by atoms with van der Waals surface area (Å²) in [5.41, 5.74) is -3.35. The minimum Gasteiger partial charge on any atom is -0.511 e. The van der Waals surface area contributed by atoms with Gasteiger partial charge in [0.25, 0.3) is 0 Å². The van der Waals surface area contributed by atoms with Crippen LogP contribution in [0.4, 0.5) is 0 Å². The van der Waals surface area contributed by atoms with Crippen molar-refractivity contribution in [2.75, 3.05) is 0 Å². The SMILES string of the molecule is C[C@]12C=C(O)[C@@]3(CCC[C@@]34C=C[C@]1(C)O4)C(=O)O2. The van der Waals surface area contributed by atoms with E-state index < -0.39 is 22.2 Å². The molecule has 0 radical (unpaired) electrons. The zero-order chi connectivity index (χ0) is 12.8. The van der Waals surface area contributed by atoms with Gasteiger partial charge in [0.15, 0.2) is 11.0 Å². The van der Waals surface area contributed by atoms with Gasteiger partial charge < -0.3 is 14.6 Å². The zero-order valence-electron chi connectivity index (χ0n) is 10.5. The first kappa shape index (κ1) is 10.6. The molecule has 18 heavy (non-hydrogen) atoms. The lowest BCUT2D eigenvalue weighted by molar-refractivity contribution is -0.172. The molecule has 2 fully saturated rings. The minimum absolute atomic E-state index is 0.131. The summed E-state index contributed by atoms with van der Waals surface area (Å²) in [4.78, 5) is 12.5. The largest absolute Gasteiger partial charge is 0.511 e. The molecular formula is C14H16O4. The molecular weight excluding hydrogens is 232 g/mol. The summed E-state index contributed by atoms with van der Waals surface area (Å²) in [5, 5.41) is 10.5. The average molecular weight is 248 g/mol. The molecule has 0 unspecified atom stereocenters. The van der Waals surface area contributed by atoms with E-state index in [1.54, 1.807) is 13.0 Å². The summed E-state index contributed by atoms with van der Waals surface area (Å²) < 4.78 is 11.9. The highest BCUT2D eigenvalue weighted by Crippen LogP contribution is 2.65. The zero-order valence-corrected chi connectivity index (χ0v) is 10.5. The van der Waals surface area contributed by atoms with Gasteiger partial charge in [0, 0.05) is 6.08 Å². The number of hydrogen-bond donors (Lipinski definition) is 1. The van der Waals surface area contributed by atoms with Crippen molar-refractivity contribution in [3.63, 3.8) is 0 Å². The molecule has 4 nitrogen and oxygen atoms in total. The van der Waals surface area contributed by atoms with E-state index in [0.717, 1.165) is 12.8 Å². The lowest BCUT2D eigenvalue weighted by Gasteiger charge is -2.42. The molecule has 1 aliphatic carbocycles. The maximum atomic E-state index is 12.5. The highest BCUT2D eigenvalue weighted by atomic mass is 16.6. The number of aliphatic hydroxyl groups is 1. The number of ether oxygens (including phenoxy) is 2. The molecule has 4 aliphatic heterocycles. The summed E-state index contributed by atoms with van der Waals surface area (Å²) in [6.45, 7) is 3.70. The number of carbonyl (C=O) groups is 1. The molecule has 4 heterocycles. The molecule has 96 valence electrons. The molecule has 0 aromatic rings. The summed E-state index contributed by atoms with van der Waals surface area (Å²) in [7, 11) is 0. The Morgan fingerprint density at radius 3 is 2.72 bits per heavy atom. The van der Waals surface area contributed by atoms with E-state index in [0.29, 0.717) is 6.42 Å². The van der Waals surface area contributed by atoms with Crippen molar-refractivity contribution in [2.24, 2.45) is 5.41 Å². The van der Waals surface area contributed by atoms with E-state index in [9.17, 15) is 9.90 Å². The lowest BCUT2D eigenvalue weighted by Crippen LogP contribution is -2.54. The van der Waals surface area contributed by atoms with Crippen molar-refractivity contribution in [2.45, 2.75) is 49.9 Å². The van der Waals surface area contributed by atoms with E-state index in [4.69, 9.17) is 9.47 Å². The standard InChI is InChI=1S/C14H16O4/c1-11-6-7-13(18-11)4-3-5-14(13)9(15)8-12(11,2)17-10(14)16/h6-8,15H,3-5H2,1-2H3/t11-,12-,13+,14-/m0/s1. The Bertz CT molecular complexity index is 536. The predicted octanol–water partition coefficient (Wildman–Crippen LogP) is 2.01. The van der Waals surface area contributed by atoms with E-state index in [1.807, 2.05) is 19.1 Å². The lowest BCUT2D eigenvalue weighted by atomic mass is 9.69. The second kappa shape index (κ2) is 2.52. The molecule has 5 rings (SSSR count). The third-order valence-electron chi connectivity index (χ3n) is 5.38. The maximum Gasteiger partial charge on any atom is 0.324 e. The first-order valence-corrected chi connectivity index (χ1v) is 6.44. The molecule has 0 aromatic carbocycles. The fraction of sp³-hybridized carbons (Fsp3) is 0.643. The second-order valence-electron chi connectivity index (χ2n) is 6.22. The van der Waals surface area contributed by atoms with Crippen LogP contribution in [-0.2, 0) is 14.3 Å². The van der Waals surface area contributed by atoms with Crippen molar-refractivity contribution in [3.8, 4) is 0 Å². The van der Waals surface area contributed by atoms with Gasteiger partial charge in [0.1, 0.15) is 17.0 Å². The van der Waals surface area contributed by atoms with Crippen molar-refractivity contribution < 1.29 is 19.4 Å². The van der Waals surface area contributed by atoms with Gasteiger partial charge in [-0.15, -0.1) is 0 Å². The van der Waals surface area contributed by atoms with Crippen LogP contribution in [-0.4, -0.2) is 27.9 Å². The number of fused-ring (bicyclic) bond motifs is 1. The molecule has 1 N–H and O–H groups in total. The molecule has 4 atom stereocenters. The fourth-order valence-corrected chi connectivity index (χ4v) is 4.07. The van der Waals surface area contributed by atoms with Gasteiger partial charge in [0.05, 0.1) is 0 Å². The van der Waals surface area contributed by atoms with Crippen LogP contribution in [0.25, 0.3) is 0 Å². The third kappa shape index (κ3) is 0.776. The Kier molecular flexibility index (Phi) is 1.49. The van der Waals surface area contributed by atoms with Gasteiger partial charge in [0.2, 0.25) is 0 Å². The Balaban J connectivity index is 2.10. The molecule has 2 spiro atoms. The van der Waals surface area contributed by atoms with Gasteiger partial charge in [-0.05, 0) is 39.2 Å². The van der Waals surface area contributed by atoms with Gasteiger partial charge in [-0.1, -0.05) is 6.08 Å². The van der Waals surface area contributed by atoms with Gasteiger partial charge in [-0.25, -0.2) is 0 Å². The highest BCUT2D eigenvalue weighted by molar-refractivity contribution is 5.86. The van der Waals surface area contributed by atoms with Crippen molar-refractivity contribution in [3.05, 3.63) is 24.0 Å². The summed E-state index contributed by atoms with van der Waals surface area (Å²) >= 11 is 0. The van der Waals surface area contributed by atoms with Crippen LogP contribution in [0.5, 0.6) is 0 Å². The van der Waals surface area contributed by atoms with Crippen molar-refractivity contribution >= 4 is 5.97 Å². The summed E-state index contributed by atoms with van der Waals surface area (Å²) in [6, 6.07) is 0. The Hall–Kier alpha value is -1.29. The van der Waals surface area contributed by atoms with Crippen LogP contribution in [0.15, 0.2) is 24.0 Å².